The van der Waals surface area contributed by atoms with Gasteiger partial charge < -0.3 is 10.2 Å². The number of amides is 1. The van der Waals surface area contributed by atoms with Crippen LogP contribution in [-0.4, -0.2) is 36.0 Å². The van der Waals surface area contributed by atoms with E-state index in [0.717, 1.165) is 58.2 Å². The summed E-state index contributed by atoms with van der Waals surface area (Å²) in [5.74, 6) is 0.383. The summed E-state index contributed by atoms with van der Waals surface area (Å²) in [4.78, 5) is 15.3. The van der Waals surface area contributed by atoms with E-state index in [4.69, 9.17) is 0 Å². The first-order valence-corrected chi connectivity index (χ1v) is 9.24. The summed E-state index contributed by atoms with van der Waals surface area (Å²) in [7, 11) is 0. The normalized spacial score (nSPS) is 21.7. The van der Waals surface area contributed by atoms with Crippen molar-refractivity contribution < 1.29 is 4.79 Å². The van der Waals surface area contributed by atoms with E-state index in [1.807, 2.05) is 0 Å². The molecule has 3 nitrogen and oxygen atoms in total. The monoisotopic (exact) mass is 296 g/mol. The van der Waals surface area contributed by atoms with Crippen LogP contribution in [-0.2, 0) is 4.79 Å². The predicted octanol–water partition coefficient (Wildman–Crippen LogP) is 4.12. The highest BCUT2D eigenvalue weighted by Crippen LogP contribution is 2.27. The molecule has 0 spiro atoms. The molecule has 0 aliphatic carbocycles. The lowest BCUT2D eigenvalue weighted by Crippen LogP contribution is -2.55. The zero-order valence-electron chi connectivity index (χ0n) is 14.5. The van der Waals surface area contributed by atoms with Crippen molar-refractivity contribution in [3.8, 4) is 0 Å². The lowest BCUT2D eigenvalue weighted by Gasteiger charge is -2.35. The van der Waals surface area contributed by atoms with E-state index in [-0.39, 0.29) is 5.54 Å². The van der Waals surface area contributed by atoms with Gasteiger partial charge in [0.15, 0.2) is 0 Å². The number of hydrogen-bond donors (Lipinski definition) is 1. The molecule has 1 rings (SSSR count). The fraction of sp³-hybridized carbons (Fsp3) is 0.944. The third-order valence-corrected chi connectivity index (χ3v) is 4.68. The van der Waals surface area contributed by atoms with Gasteiger partial charge in [0.2, 0.25) is 5.91 Å². The first-order valence-electron chi connectivity index (χ1n) is 9.24. The molecule has 21 heavy (non-hydrogen) atoms. The van der Waals surface area contributed by atoms with Crippen molar-refractivity contribution in [3.63, 3.8) is 0 Å². The smallest absolute Gasteiger partial charge is 0.242 e. The SMILES string of the molecule is CCCCCN(CCCCC)C(=O)C1(CCC)CCCN1. The summed E-state index contributed by atoms with van der Waals surface area (Å²) in [5, 5.41) is 3.54. The van der Waals surface area contributed by atoms with Crippen molar-refractivity contribution in [2.24, 2.45) is 0 Å². The van der Waals surface area contributed by atoms with Crippen LogP contribution in [0.1, 0.15) is 85.0 Å². The Labute approximate surface area is 131 Å². The molecule has 1 N–H and O–H groups in total. The molecule has 0 aromatic carbocycles. The molecular formula is C18H36N2O. The highest BCUT2D eigenvalue weighted by atomic mass is 16.2. The molecule has 0 bridgehead atoms. The van der Waals surface area contributed by atoms with Crippen LogP contribution in [0.4, 0.5) is 0 Å². The van der Waals surface area contributed by atoms with Gasteiger partial charge in [-0.1, -0.05) is 52.9 Å². The first-order chi connectivity index (χ1) is 10.2. The van der Waals surface area contributed by atoms with Crippen LogP contribution in [0, 0.1) is 0 Å². The Balaban J connectivity index is 2.66. The molecule has 1 heterocycles. The van der Waals surface area contributed by atoms with Crippen LogP contribution in [0.25, 0.3) is 0 Å². The topological polar surface area (TPSA) is 32.3 Å². The van der Waals surface area contributed by atoms with Gasteiger partial charge in [-0.25, -0.2) is 0 Å². The Kier molecular flexibility index (Phi) is 8.98. The molecule has 1 amide bonds. The van der Waals surface area contributed by atoms with E-state index in [9.17, 15) is 4.79 Å². The number of carbonyl (C=O) groups is 1. The van der Waals surface area contributed by atoms with E-state index in [1.54, 1.807) is 0 Å². The second-order valence-electron chi connectivity index (χ2n) is 6.57. The lowest BCUT2D eigenvalue weighted by molar-refractivity contribution is -0.138. The Morgan fingerprint density at radius 3 is 2.05 bits per heavy atom. The first kappa shape index (κ1) is 18.5. The minimum Gasteiger partial charge on any atom is -0.341 e. The van der Waals surface area contributed by atoms with Gasteiger partial charge in [-0.2, -0.15) is 0 Å². The molecule has 1 atom stereocenters. The molecule has 0 aromatic rings. The van der Waals surface area contributed by atoms with E-state index < -0.39 is 0 Å². The van der Waals surface area contributed by atoms with Gasteiger partial charge >= 0.3 is 0 Å². The Hall–Kier alpha value is -0.570. The number of rotatable bonds is 11. The summed E-state index contributed by atoms with van der Waals surface area (Å²) in [6, 6.07) is 0. The van der Waals surface area contributed by atoms with Crippen LogP contribution in [0.15, 0.2) is 0 Å². The summed E-state index contributed by atoms with van der Waals surface area (Å²) in [5.41, 5.74) is -0.243. The highest BCUT2D eigenvalue weighted by Gasteiger charge is 2.42. The largest absolute Gasteiger partial charge is 0.341 e. The Bertz CT molecular complexity index is 275. The molecular weight excluding hydrogens is 260 g/mol. The number of hydrogen-bond acceptors (Lipinski definition) is 2. The van der Waals surface area contributed by atoms with Gasteiger partial charge in [0.05, 0.1) is 5.54 Å². The average molecular weight is 296 g/mol. The number of carbonyl (C=O) groups excluding carboxylic acids is 1. The van der Waals surface area contributed by atoms with Gasteiger partial charge in [0, 0.05) is 13.1 Å². The molecule has 0 radical (unpaired) electrons. The molecule has 124 valence electrons. The minimum absolute atomic E-state index is 0.243. The molecule has 0 saturated carbocycles. The van der Waals surface area contributed by atoms with E-state index in [1.165, 1.54) is 25.7 Å². The van der Waals surface area contributed by atoms with Crippen molar-refractivity contribution >= 4 is 5.91 Å². The average Bonchev–Trinajstić information content (AvgIpc) is 2.95. The second kappa shape index (κ2) is 10.2. The predicted molar refractivity (Wildman–Crippen MR) is 90.5 cm³/mol. The van der Waals surface area contributed by atoms with E-state index >= 15 is 0 Å². The van der Waals surface area contributed by atoms with E-state index in [0.29, 0.717) is 5.91 Å². The third-order valence-electron chi connectivity index (χ3n) is 4.68. The molecule has 1 aliphatic heterocycles. The van der Waals surface area contributed by atoms with Crippen LogP contribution >= 0.6 is 0 Å². The van der Waals surface area contributed by atoms with Crippen LogP contribution < -0.4 is 5.32 Å². The van der Waals surface area contributed by atoms with Crippen molar-refractivity contribution in [2.45, 2.75) is 90.5 Å². The summed E-state index contributed by atoms with van der Waals surface area (Å²) >= 11 is 0. The van der Waals surface area contributed by atoms with Crippen molar-refractivity contribution in [1.82, 2.24) is 10.2 Å². The Morgan fingerprint density at radius 1 is 1.00 bits per heavy atom. The molecule has 1 fully saturated rings. The maximum atomic E-state index is 13.1. The van der Waals surface area contributed by atoms with Gasteiger partial charge in [-0.3, -0.25) is 4.79 Å². The highest BCUT2D eigenvalue weighted by molar-refractivity contribution is 5.86. The van der Waals surface area contributed by atoms with Crippen molar-refractivity contribution in [2.75, 3.05) is 19.6 Å². The standard InChI is InChI=1S/C18H36N2O/c1-4-7-9-15-20(16-10-8-5-2)17(21)18(12-6-3)13-11-14-19-18/h19H,4-16H2,1-3H3. The third kappa shape index (κ3) is 5.61. The summed E-state index contributed by atoms with van der Waals surface area (Å²) < 4.78 is 0. The van der Waals surface area contributed by atoms with Gasteiger partial charge in [0.25, 0.3) is 0 Å². The number of nitrogens with one attached hydrogen (secondary N) is 1. The minimum atomic E-state index is -0.243. The van der Waals surface area contributed by atoms with Crippen molar-refractivity contribution in [3.05, 3.63) is 0 Å². The molecule has 1 unspecified atom stereocenters. The Morgan fingerprint density at radius 2 is 1.62 bits per heavy atom. The molecule has 1 aliphatic rings. The zero-order chi connectivity index (χ0) is 15.6. The quantitative estimate of drug-likeness (QED) is 0.582. The lowest BCUT2D eigenvalue weighted by atomic mass is 9.90. The maximum absolute atomic E-state index is 13.1. The zero-order valence-corrected chi connectivity index (χ0v) is 14.5. The van der Waals surface area contributed by atoms with Crippen molar-refractivity contribution in [1.29, 1.82) is 0 Å². The van der Waals surface area contributed by atoms with E-state index in [2.05, 4.69) is 31.0 Å². The second-order valence-corrected chi connectivity index (χ2v) is 6.57. The molecule has 1 saturated heterocycles. The number of unbranched alkanes of at least 4 members (excludes halogenated alkanes) is 4. The van der Waals surface area contributed by atoms with Crippen LogP contribution in [0.2, 0.25) is 0 Å². The molecule has 0 aromatic heterocycles. The van der Waals surface area contributed by atoms with Gasteiger partial charge in [-0.05, 0) is 38.6 Å². The van der Waals surface area contributed by atoms with Crippen LogP contribution in [0.5, 0.6) is 0 Å². The fourth-order valence-corrected chi connectivity index (χ4v) is 3.46. The van der Waals surface area contributed by atoms with Crippen LogP contribution in [0.3, 0.4) is 0 Å². The summed E-state index contributed by atoms with van der Waals surface area (Å²) in [6.07, 6.45) is 11.4. The summed E-state index contributed by atoms with van der Waals surface area (Å²) in [6.45, 7) is 9.53. The number of nitrogens with zero attached hydrogens (tertiary/aromatic N) is 1. The van der Waals surface area contributed by atoms with Gasteiger partial charge in [-0.15, -0.1) is 0 Å². The fourth-order valence-electron chi connectivity index (χ4n) is 3.46. The molecule has 3 heteroatoms. The van der Waals surface area contributed by atoms with Gasteiger partial charge in [0.1, 0.15) is 0 Å². The maximum Gasteiger partial charge on any atom is 0.242 e.